The molecule has 2 atom stereocenters. The van der Waals surface area contributed by atoms with Gasteiger partial charge in [0, 0.05) is 43.7 Å². The number of rotatable bonds is 4. The highest BCUT2D eigenvalue weighted by atomic mass is 16.2. The number of urea groups is 1. The molecule has 2 saturated carbocycles. The van der Waals surface area contributed by atoms with Gasteiger partial charge in [-0.3, -0.25) is 9.78 Å². The summed E-state index contributed by atoms with van der Waals surface area (Å²) in [5.74, 6) is 0.244. The van der Waals surface area contributed by atoms with Crippen LogP contribution in [0, 0.1) is 11.3 Å². The monoisotopic (exact) mass is 370 g/mol. The van der Waals surface area contributed by atoms with Crippen LogP contribution in [-0.4, -0.2) is 52.9 Å². The Hall–Kier alpha value is -2.11. The number of carbonyl (C=O) groups is 2. The predicted octanol–water partition coefficient (Wildman–Crippen LogP) is 2.79. The molecule has 1 saturated heterocycles. The van der Waals surface area contributed by atoms with Crippen LogP contribution < -0.4 is 5.32 Å². The number of pyridine rings is 1. The van der Waals surface area contributed by atoms with Gasteiger partial charge < -0.3 is 15.1 Å². The van der Waals surface area contributed by atoms with Gasteiger partial charge in [0.25, 0.3) is 0 Å². The van der Waals surface area contributed by atoms with Gasteiger partial charge in [-0.1, -0.05) is 25.3 Å². The molecule has 0 aromatic carbocycles. The standard InChI is InChI=1S/C21H30N4O2/c1-24(14-17-9-5-6-11-22-17)19(26)18-13-21(18)10-12-25(15-21)20(27)23-16-7-3-2-4-8-16/h5-6,9,11,16,18H,2-4,7-8,10,12-15H2,1H3,(H,23,27)/t18-,21-/m0/s1. The zero-order chi connectivity index (χ0) is 18.9. The van der Waals surface area contributed by atoms with Crippen LogP contribution >= 0.6 is 0 Å². The van der Waals surface area contributed by atoms with E-state index in [1.165, 1.54) is 19.3 Å². The Kier molecular flexibility index (Phi) is 5.06. The van der Waals surface area contributed by atoms with E-state index in [9.17, 15) is 9.59 Å². The van der Waals surface area contributed by atoms with E-state index < -0.39 is 0 Å². The molecule has 2 heterocycles. The third-order valence-electron chi connectivity index (χ3n) is 6.59. The molecule has 4 rings (SSSR count). The summed E-state index contributed by atoms with van der Waals surface area (Å²) in [6.45, 7) is 2.03. The van der Waals surface area contributed by atoms with E-state index in [-0.39, 0.29) is 23.3 Å². The van der Waals surface area contributed by atoms with Crippen molar-refractivity contribution in [1.29, 1.82) is 0 Å². The lowest BCUT2D eigenvalue weighted by atomic mass is 9.96. The maximum atomic E-state index is 12.8. The molecule has 1 N–H and O–H groups in total. The molecule has 6 heteroatoms. The average Bonchev–Trinajstić information content (AvgIpc) is 3.21. The molecule has 1 aromatic heterocycles. The molecule has 1 aromatic rings. The Morgan fingerprint density at radius 2 is 2.11 bits per heavy atom. The first-order valence-corrected chi connectivity index (χ1v) is 10.3. The smallest absolute Gasteiger partial charge is 0.317 e. The fourth-order valence-corrected chi connectivity index (χ4v) is 4.81. The first-order valence-electron chi connectivity index (χ1n) is 10.3. The van der Waals surface area contributed by atoms with Crippen LogP contribution in [0.5, 0.6) is 0 Å². The van der Waals surface area contributed by atoms with Crippen molar-refractivity contribution >= 4 is 11.9 Å². The molecule has 3 fully saturated rings. The van der Waals surface area contributed by atoms with Crippen LogP contribution in [0.25, 0.3) is 0 Å². The highest BCUT2D eigenvalue weighted by Crippen LogP contribution is 2.59. The molecular weight excluding hydrogens is 340 g/mol. The van der Waals surface area contributed by atoms with Gasteiger partial charge >= 0.3 is 6.03 Å². The van der Waals surface area contributed by atoms with Crippen molar-refractivity contribution in [2.75, 3.05) is 20.1 Å². The van der Waals surface area contributed by atoms with E-state index in [0.717, 1.165) is 44.5 Å². The van der Waals surface area contributed by atoms with Gasteiger partial charge in [0.2, 0.25) is 5.91 Å². The second-order valence-electron chi connectivity index (χ2n) is 8.59. The summed E-state index contributed by atoms with van der Waals surface area (Å²) in [5, 5.41) is 3.21. The van der Waals surface area contributed by atoms with Crippen LogP contribution in [0.3, 0.4) is 0 Å². The third kappa shape index (κ3) is 3.94. The number of aromatic nitrogens is 1. The average molecular weight is 370 g/mol. The Morgan fingerprint density at radius 1 is 1.30 bits per heavy atom. The third-order valence-corrected chi connectivity index (χ3v) is 6.59. The van der Waals surface area contributed by atoms with E-state index in [2.05, 4.69) is 10.3 Å². The quantitative estimate of drug-likeness (QED) is 0.886. The highest BCUT2D eigenvalue weighted by Gasteiger charge is 2.62. The Morgan fingerprint density at radius 3 is 2.85 bits per heavy atom. The van der Waals surface area contributed by atoms with Gasteiger partial charge in [0.1, 0.15) is 0 Å². The lowest BCUT2D eigenvalue weighted by molar-refractivity contribution is -0.132. The first kappa shape index (κ1) is 18.3. The topological polar surface area (TPSA) is 65.5 Å². The summed E-state index contributed by atoms with van der Waals surface area (Å²) in [6.07, 6.45) is 9.53. The number of nitrogens with zero attached hydrogens (tertiary/aromatic N) is 3. The van der Waals surface area contributed by atoms with Crippen molar-refractivity contribution in [3.8, 4) is 0 Å². The lowest BCUT2D eigenvalue weighted by Gasteiger charge is -2.26. The fourth-order valence-electron chi connectivity index (χ4n) is 4.81. The molecule has 0 bridgehead atoms. The Labute approximate surface area is 161 Å². The van der Waals surface area contributed by atoms with Crippen molar-refractivity contribution in [2.45, 2.75) is 57.5 Å². The minimum atomic E-state index is 0.0133. The molecule has 6 nitrogen and oxygen atoms in total. The van der Waals surface area contributed by atoms with Crippen molar-refractivity contribution in [2.24, 2.45) is 11.3 Å². The fraction of sp³-hybridized carbons (Fsp3) is 0.667. The Bertz CT molecular complexity index is 689. The van der Waals surface area contributed by atoms with Gasteiger partial charge in [-0.05, 0) is 37.8 Å². The molecular formula is C21H30N4O2. The van der Waals surface area contributed by atoms with E-state index in [1.54, 1.807) is 11.1 Å². The molecule has 1 spiro atoms. The highest BCUT2D eigenvalue weighted by molar-refractivity contribution is 5.83. The van der Waals surface area contributed by atoms with Gasteiger partial charge in [0.15, 0.2) is 0 Å². The van der Waals surface area contributed by atoms with Crippen LogP contribution in [0.4, 0.5) is 4.79 Å². The molecule has 3 amide bonds. The van der Waals surface area contributed by atoms with Crippen LogP contribution in [-0.2, 0) is 11.3 Å². The summed E-state index contributed by atoms with van der Waals surface area (Å²) in [5.41, 5.74) is 0.919. The van der Waals surface area contributed by atoms with E-state index in [0.29, 0.717) is 12.6 Å². The van der Waals surface area contributed by atoms with Crippen LogP contribution in [0.1, 0.15) is 50.6 Å². The number of hydrogen-bond acceptors (Lipinski definition) is 3. The molecule has 2 aliphatic carbocycles. The number of nitrogens with one attached hydrogen (secondary N) is 1. The van der Waals surface area contributed by atoms with Crippen LogP contribution in [0.15, 0.2) is 24.4 Å². The molecule has 3 aliphatic rings. The van der Waals surface area contributed by atoms with Crippen molar-refractivity contribution in [3.05, 3.63) is 30.1 Å². The van der Waals surface area contributed by atoms with E-state index in [4.69, 9.17) is 0 Å². The number of likely N-dealkylation sites (tertiary alicyclic amines) is 1. The van der Waals surface area contributed by atoms with Crippen LogP contribution in [0.2, 0.25) is 0 Å². The largest absolute Gasteiger partial charge is 0.340 e. The molecule has 27 heavy (non-hydrogen) atoms. The minimum Gasteiger partial charge on any atom is -0.340 e. The summed E-state index contributed by atoms with van der Waals surface area (Å²) < 4.78 is 0. The maximum absolute atomic E-state index is 12.8. The number of hydrogen-bond donors (Lipinski definition) is 1. The number of carbonyl (C=O) groups excluding carboxylic acids is 2. The SMILES string of the molecule is CN(Cc1ccccn1)C(=O)[C@@H]1C[C@]12CCN(C(=O)NC1CCCCC1)C2. The maximum Gasteiger partial charge on any atom is 0.317 e. The lowest BCUT2D eigenvalue weighted by Crippen LogP contribution is -2.44. The zero-order valence-corrected chi connectivity index (χ0v) is 16.2. The van der Waals surface area contributed by atoms with Gasteiger partial charge in [-0.25, -0.2) is 4.79 Å². The van der Waals surface area contributed by atoms with Gasteiger partial charge in [0.05, 0.1) is 12.2 Å². The second kappa shape index (κ2) is 7.49. The normalized spacial score (nSPS) is 27.6. The molecule has 0 unspecified atom stereocenters. The summed E-state index contributed by atoms with van der Waals surface area (Å²) >= 11 is 0. The molecule has 0 radical (unpaired) electrons. The van der Waals surface area contributed by atoms with Crippen molar-refractivity contribution in [3.63, 3.8) is 0 Å². The zero-order valence-electron chi connectivity index (χ0n) is 16.2. The van der Waals surface area contributed by atoms with Crippen molar-refractivity contribution in [1.82, 2.24) is 20.1 Å². The molecule has 146 valence electrons. The van der Waals surface area contributed by atoms with E-state index >= 15 is 0 Å². The summed E-state index contributed by atoms with van der Waals surface area (Å²) in [7, 11) is 1.85. The van der Waals surface area contributed by atoms with Gasteiger partial charge in [-0.15, -0.1) is 0 Å². The summed E-state index contributed by atoms with van der Waals surface area (Å²) in [6, 6.07) is 6.17. The van der Waals surface area contributed by atoms with Crippen molar-refractivity contribution < 1.29 is 9.59 Å². The van der Waals surface area contributed by atoms with E-state index in [1.807, 2.05) is 30.1 Å². The molecule has 1 aliphatic heterocycles. The predicted molar refractivity (Wildman–Crippen MR) is 103 cm³/mol. The minimum absolute atomic E-state index is 0.0133. The first-order chi connectivity index (χ1) is 13.1. The summed E-state index contributed by atoms with van der Waals surface area (Å²) in [4.78, 5) is 33.5. The Balaban J connectivity index is 1.28. The van der Waals surface area contributed by atoms with Gasteiger partial charge in [-0.2, -0.15) is 0 Å². The number of amides is 3. The second-order valence-corrected chi connectivity index (χ2v) is 8.59.